The summed E-state index contributed by atoms with van der Waals surface area (Å²) in [6.07, 6.45) is 1.06. The van der Waals surface area contributed by atoms with Crippen LogP contribution in [0.1, 0.15) is 20.7 Å². The van der Waals surface area contributed by atoms with E-state index in [9.17, 15) is 19.2 Å². The molecule has 2 N–H and O–H groups in total. The highest BCUT2D eigenvalue weighted by molar-refractivity contribution is 6.04. The Kier molecular flexibility index (Phi) is 5.59. The van der Waals surface area contributed by atoms with E-state index in [4.69, 9.17) is 4.74 Å². The summed E-state index contributed by atoms with van der Waals surface area (Å²) in [5.74, 6) is -0.659. The largest absolute Gasteiger partial charge is 0.497 e. The van der Waals surface area contributed by atoms with E-state index < -0.39 is 23.1 Å². The third-order valence-electron chi connectivity index (χ3n) is 4.12. The van der Waals surface area contributed by atoms with Gasteiger partial charge in [0.15, 0.2) is 0 Å². The van der Waals surface area contributed by atoms with Gasteiger partial charge < -0.3 is 19.8 Å². The summed E-state index contributed by atoms with van der Waals surface area (Å²) in [6.45, 7) is 0. The number of carbonyl (C=O) groups is 2. The number of anilines is 1. The molecule has 0 aliphatic heterocycles. The van der Waals surface area contributed by atoms with Crippen molar-refractivity contribution in [3.8, 4) is 11.4 Å². The standard InChI is InChI=1S/C20H17N3O6/c1-28-15-9-7-14(8-10-15)23-18(25)16(11-21-20(23)27)17(24)22-13-5-3-12(4-6-13)19(26)29-2/h3-11H,1-2H3,(H,21,27)(H,22,24). The lowest BCUT2D eigenvalue weighted by atomic mass is 10.2. The highest BCUT2D eigenvalue weighted by atomic mass is 16.5. The number of benzene rings is 2. The number of esters is 1. The van der Waals surface area contributed by atoms with Crippen molar-refractivity contribution in [2.24, 2.45) is 0 Å². The zero-order valence-electron chi connectivity index (χ0n) is 15.6. The number of aromatic nitrogens is 2. The van der Waals surface area contributed by atoms with Crippen molar-refractivity contribution in [2.75, 3.05) is 19.5 Å². The summed E-state index contributed by atoms with van der Waals surface area (Å²) in [6, 6.07) is 12.2. The molecule has 1 amide bonds. The van der Waals surface area contributed by atoms with Crippen LogP contribution >= 0.6 is 0 Å². The second-order valence-electron chi connectivity index (χ2n) is 5.87. The Labute approximate surface area is 164 Å². The molecule has 9 nitrogen and oxygen atoms in total. The van der Waals surface area contributed by atoms with Crippen molar-refractivity contribution in [2.45, 2.75) is 0 Å². The molecule has 9 heteroatoms. The summed E-state index contributed by atoms with van der Waals surface area (Å²) < 4.78 is 10.5. The molecule has 3 aromatic rings. The molecule has 0 unspecified atom stereocenters. The fraction of sp³-hybridized carbons (Fsp3) is 0.100. The molecule has 29 heavy (non-hydrogen) atoms. The lowest BCUT2D eigenvalue weighted by molar-refractivity contribution is 0.0600. The van der Waals surface area contributed by atoms with Crippen LogP contribution in [0.3, 0.4) is 0 Å². The second kappa shape index (κ2) is 8.26. The summed E-state index contributed by atoms with van der Waals surface area (Å²) in [4.78, 5) is 51.3. The maximum absolute atomic E-state index is 12.7. The number of rotatable bonds is 5. The molecule has 0 bridgehead atoms. The number of H-pyrrole nitrogens is 1. The maximum Gasteiger partial charge on any atom is 0.337 e. The van der Waals surface area contributed by atoms with Gasteiger partial charge in [-0.25, -0.2) is 14.2 Å². The number of nitrogens with one attached hydrogen (secondary N) is 2. The van der Waals surface area contributed by atoms with E-state index >= 15 is 0 Å². The van der Waals surface area contributed by atoms with E-state index in [0.717, 1.165) is 10.8 Å². The molecule has 148 valence electrons. The molecule has 0 aliphatic rings. The number of methoxy groups -OCH3 is 2. The lowest BCUT2D eigenvalue weighted by Crippen LogP contribution is -2.38. The Hall–Kier alpha value is -4.14. The predicted molar refractivity (Wildman–Crippen MR) is 105 cm³/mol. The number of hydrogen-bond acceptors (Lipinski definition) is 6. The molecule has 0 saturated heterocycles. The van der Waals surface area contributed by atoms with Gasteiger partial charge in [0, 0.05) is 11.9 Å². The second-order valence-corrected chi connectivity index (χ2v) is 5.87. The van der Waals surface area contributed by atoms with Gasteiger partial charge in [-0.1, -0.05) is 0 Å². The van der Waals surface area contributed by atoms with Gasteiger partial charge in [0.25, 0.3) is 11.5 Å². The molecule has 3 rings (SSSR count). The van der Waals surface area contributed by atoms with Crippen molar-refractivity contribution < 1.29 is 19.1 Å². The maximum atomic E-state index is 12.7. The van der Waals surface area contributed by atoms with E-state index in [-0.39, 0.29) is 11.3 Å². The van der Waals surface area contributed by atoms with Gasteiger partial charge in [-0.2, -0.15) is 0 Å². The number of ether oxygens (including phenoxy) is 2. The highest BCUT2D eigenvalue weighted by Gasteiger charge is 2.16. The molecule has 0 spiro atoms. The van der Waals surface area contributed by atoms with Gasteiger partial charge in [0.2, 0.25) is 0 Å². The molecule has 0 fully saturated rings. The van der Waals surface area contributed by atoms with Gasteiger partial charge in [-0.3, -0.25) is 9.59 Å². The van der Waals surface area contributed by atoms with Gasteiger partial charge in [-0.15, -0.1) is 0 Å². The molecule has 1 aromatic heterocycles. The predicted octanol–water partition coefficient (Wildman–Crippen LogP) is 1.57. The monoisotopic (exact) mass is 395 g/mol. The van der Waals surface area contributed by atoms with E-state index in [1.165, 1.54) is 50.6 Å². The first-order chi connectivity index (χ1) is 13.9. The van der Waals surface area contributed by atoms with Gasteiger partial charge in [-0.05, 0) is 48.5 Å². The summed E-state index contributed by atoms with van der Waals surface area (Å²) in [5, 5.41) is 2.55. The Morgan fingerprint density at radius 1 is 0.966 bits per heavy atom. The van der Waals surface area contributed by atoms with Crippen LogP contribution in [0.4, 0.5) is 5.69 Å². The van der Waals surface area contributed by atoms with Crippen LogP contribution in [0.2, 0.25) is 0 Å². The van der Waals surface area contributed by atoms with Crippen LogP contribution in [0.25, 0.3) is 5.69 Å². The first-order valence-electron chi connectivity index (χ1n) is 8.43. The van der Waals surface area contributed by atoms with Crippen LogP contribution in [0.5, 0.6) is 5.75 Å². The van der Waals surface area contributed by atoms with E-state index in [2.05, 4.69) is 15.0 Å². The molecular weight excluding hydrogens is 378 g/mol. The summed E-state index contributed by atoms with van der Waals surface area (Å²) in [5.41, 5.74) is -0.742. The third kappa shape index (κ3) is 4.08. The lowest BCUT2D eigenvalue weighted by Gasteiger charge is -2.09. The van der Waals surface area contributed by atoms with Crippen LogP contribution < -0.4 is 21.3 Å². The Morgan fingerprint density at radius 3 is 2.21 bits per heavy atom. The molecule has 0 saturated carbocycles. The van der Waals surface area contributed by atoms with E-state index in [0.29, 0.717) is 17.0 Å². The van der Waals surface area contributed by atoms with Crippen LogP contribution in [0, 0.1) is 0 Å². The Balaban J connectivity index is 1.90. The topological polar surface area (TPSA) is 119 Å². The average Bonchev–Trinajstić information content (AvgIpc) is 2.74. The van der Waals surface area contributed by atoms with Crippen molar-refractivity contribution in [1.82, 2.24) is 9.55 Å². The van der Waals surface area contributed by atoms with Gasteiger partial charge in [0.1, 0.15) is 11.3 Å². The van der Waals surface area contributed by atoms with E-state index in [1.54, 1.807) is 12.1 Å². The average molecular weight is 395 g/mol. The number of aromatic amines is 1. The number of amides is 1. The highest BCUT2D eigenvalue weighted by Crippen LogP contribution is 2.13. The van der Waals surface area contributed by atoms with Crippen molar-refractivity contribution in [3.05, 3.63) is 86.7 Å². The minimum absolute atomic E-state index is 0.252. The summed E-state index contributed by atoms with van der Waals surface area (Å²) >= 11 is 0. The Bertz CT molecular complexity index is 1160. The molecule has 0 atom stereocenters. The minimum atomic E-state index is -0.775. The number of carbonyl (C=O) groups excluding carboxylic acids is 2. The van der Waals surface area contributed by atoms with Crippen LogP contribution in [0.15, 0.2) is 64.3 Å². The quantitative estimate of drug-likeness (QED) is 0.633. The fourth-order valence-electron chi connectivity index (χ4n) is 2.61. The molecule has 0 aliphatic carbocycles. The number of hydrogen-bond donors (Lipinski definition) is 2. The summed E-state index contributed by atoms with van der Waals surface area (Å²) in [7, 11) is 2.76. The first kappa shape index (κ1) is 19.6. The molecular formula is C20H17N3O6. The zero-order chi connectivity index (χ0) is 21.0. The molecule has 2 aromatic carbocycles. The van der Waals surface area contributed by atoms with Crippen LogP contribution in [-0.2, 0) is 4.74 Å². The van der Waals surface area contributed by atoms with Crippen molar-refractivity contribution >= 4 is 17.6 Å². The zero-order valence-corrected chi connectivity index (χ0v) is 15.6. The van der Waals surface area contributed by atoms with E-state index in [1.807, 2.05) is 0 Å². The SMILES string of the molecule is COC(=O)c1ccc(NC(=O)c2c[nH]c(=O)n(-c3ccc(OC)cc3)c2=O)cc1. The molecule has 1 heterocycles. The van der Waals surface area contributed by atoms with Crippen molar-refractivity contribution in [1.29, 1.82) is 0 Å². The normalized spacial score (nSPS) is 10.3. The fourth-order valence-corrected chi connectivity index (χ4v) is 2.61. The molecule has 0 radical (unpaired) electrons. The Morgan fingerprint density at radius 2 is 1.62 bits per heavy atom. The van der Waals surface area contributed by atoms with Gasteiger partial charge >= 0.3 is 11.7 Å². The first-order valence-corrected chi connectivity index (χ1v) is 8.43. The third-order valence-corrected chi connectivity index (χ3v) is 4.12. The number of nitrogens with zero attached hydrogens (tertiary/aromatic N) is 1. The minimum Gasteiger partial charge on any atom is -0.497 e. The van der Waals surface area contributed by atoms with Crippen molar-refractivity contribution in [3.63, 3.8) is 0 Å². The smallest absolute Gasteiger partial charge is 0.337 e. The van der Waals surface area contributed by atoms with Crippen LogP contribution in [-0.4, -0.2) is 35.6 Å². The van der Waals surface area contributed by atoms with Gasteiger partial charge in [0.05, 0.1) is 25.5 Å².